The number of methoxy groups -OCH3 is 1. The average molecular weight is 452 g/mol. The minimum absolute atomic E-state index is 0.00844. The largest absolute Gasteiger partial charge is 0.411 e. The Hall–Kier alpha value is -2.47. The molecule has 9 nitrogen and oxygen atoms in total. The lowest BCUT2D eigenvalue weighted by molar-refractivity contribution is -0.349. The van der Waals surface area contributed by atoms with Crippen molar-refractivity contribution in [3.8, 4) is 11.3 Å². The first-order chi connectivity index (χ1) is 15.2. The molecule has 32 heavy (non-hydrogen) atoms. The molecule has 1 N–H and O–H groups in total. The van der Waals surface area contributed by atoms with Gasteiger partial charge in [-0.1, -0.05) is 5.21 Å². The molecule has 11 heteroatoms. The number of hydrogen-bond acceptors (Lipinski definition) is 8. The van der Waals surface area contributed by atoms with E-state index < -0.39 is 47.9 Å². The number of rotatable bonds is 5. The second-order valence-electron chi connectivity index (χ2n) is 8.40. The highest BCUT2D eigenvalue weighted by molar-refractivity contribution is 5.59. The van der Waals surface area contributed by atoms with E-state index in [0.717, 1.165) is 12.1 Å². The molecule has 174 valence electrons. The molecule has 2 aliphatic heterocycles. The van der Waals surface area contributed by atoms with E-state index in [-0.39, 0.29) is 29.8 Å². The Kier molecular flexibility index (Phi) is 6.26. The minimum Gasteiger partial charge on any atom is -0.411 e. The predicted octanol–water partition coefficient (Wildman–Crippen LogP) is 2.86. The van der Waals surface area contributed by atoms with Gasteiger partial charge in [-0.3, -0.25) is 0 Å². The van der Waals surface area contributed by atoms with Gasteiger partial charge in [0.2, 0.25) is 0 Å². The molecule has 0 aliphatic carbocycles. The summed E-state index contributed by atoms with van der Waals surface area (Å²) in [6.45, 7) is 5.36. The molecule has 0 saturated carbocycles. The Labute approximate surface area is 183 Å². The molecular weight excluding hydrogens is 426 g/mol. The number of aryl methyl sites for hydroxylation is 1. The van der Waals surface area contributed by atoms with Gasteiger partial charge in [-0.25, -0.2) is 13.5 Å². The molecular formula is C21H26F2N4O5. The first-order valence-electron chi connectivity index (χ1n) is 10.3. The molecule has 0 spiro atoms. The standard InChI is InChI=1S/C21H26F2N4O5/c1-11-7-14(23)12(8-13(11)22)15-9-27(26-25-15)18-19(29-4)16(5-6-24-28)31-17-10-30-21(2,3)32-20(17)18/h6-9,16-20,28H,5,10H2,1-4H3/t16-,17-,18-,19+,20+/m1/s1. The van der Waals surface area contributed by atoms with E-state index in [2.05, 4.69) is 15.5 Å². The maximum absolute atomic E-state index is 14.5. The predicted molar refractivity (Wildman–Crippen MR) is 108 cm³/mol. The fourth-order valence-electron chi connectivity index (χ4n) is 4.25. The topological polar surface area (TPSA) is 100 Å². The van der Waals surface area contributed by atoms with Gasteiger partial charge in [-0.05, 0) is 38.5 Å². The molecule has 0 bridgehead atoms. The van der Waals surface area contributed by atoms with Gasteiger partial charge < -0.3 is 24.2 Å². The summed E-state index contributed by atoms with van der Waals surface area (Å²) < 4.78 is 53.9. The first-order valence-corrected chi connectivity index (χ1v) is 10.3. The van der Waals surface area contributed by atoms with E-state index in [9.17, 15) is 8.78 Å². The number of oxime groups is 1. The molecule has 1 aromatic heterocycles. The van der Waals surface area contributed by atoms with Crippen LogP contribution in [0.5, 0.6) is 0 Å². The van der Waals surface area contributed by atoms with Gasteiger partial charge >= 0.3 is 0 Å². The van der Waals surface area contributed by atoms with Crippen LogP contribution in [0.1, 0.15) is 31.9 Å². The van der Waals surface area contributed by atoms with Crippen molar-refractivity contribution in [3.63, 3.8) is 0 Å². The van der Waals surface area contributed by atoms with Crippen molar-refractivity contribution in [1.82, 2.24) is 15.0 Å². The van der Waals surface area contributed by atoms with Crippen LogP contribution < -0.4 is 0 Å². The summed E-state index contributed by atoms with van der Waals surface area (Å²) >= 11 is 0. The third kappa shape index (κ3) is 4.25. The normalized spacial score (nSPS) is 29.9. The molecule has 2 fully saturated rings. The molecule has 5 atom stereocenters. The highest BCUT2D eigenvalue weighted by Gasteiger charge is 2.52. The van der Waals surface area contributed by atoms with Crippen LogP contribution in [-0.2, 0) is 18.9 Å². The van der Waals surface area contributed by atoms with Crippen molar-refractivity contribution in [1.29, 1.82) is 0 Å². The zero-order valence-corrected chi connectivity index (χ0v) is 18.2. The third-order valence-corrected chi connectivity index (χ3v) is 5.80. The fraction of sp³-hybridized carbons (Fsp3) is 0.571. The van der Waals surface area contributed by atoms with Gasteiger partial charge in [-0.2, -0.15) is 0 Å². The average Bonchev–Trinajstić information content (AvgIpc) is 3.22. The van der Waals surface area contributed by atoms with Crippen molar-refractivity contribution in [2.24, 2.45) is 5.16 Å². The number of nitrogens with zero attached hydrogens (tertiary/aromatic N) is 4. The molecule has 0 amide bonds. The Morgan fingerprint density at radius 2 is 2.12 bits per heavy atom. The summed E-state index contributed by atoms with van der Waals surface area (Å²) in [6, 6.07) is 1.72. The second-order valence-corrected chi connectivity index (χ2v) is 8.40. The zero-order valence-electron chi connectivity index (χ0n) is 18.2. The summed E-state index contributed by atoms with van der Waals surface area (Å²) in [5.74, 6) is -1.99. The van der Waals surface area contributed by atoms with Gasteiger partial charge in [0.15, 0.2) is 5.79 Å². The van der Waals surface area contributed by atoms with E-state index in [1.54, 1.807) is 13.8 Å². The molecule has 0 radical (unpaired) electrons. The van der Waals surface area contributed by atoms with Crippen molar-refractivity contribution in [2.45, 2.75) is 63.4 Å². The molecule has 2 saturated heterocycles. The Morgan fingerprint density at radius 1 is 1.34 bits per heavy atom. The number of hydrogen-bond donors (Lipinski definition) is 1. The Morgan fingerprint density at radius 3 is 2.84 bits per heavy atom. The summed E-state index contributed by atoms with van der Waals surface area (Å²) in [4.78, 5) is 0. The first kappa shape index (κ1) is 22.7. The van der Waals surface area contributed by atoms with Crippen molar-refractivity contribution in [3.05, 3.63) is 35.5 Å². The monoisotopic (exact) mass is 452 g/mol. The summed E-state index contributed by atoms with van der Waals surface area (Å²) in [6.07, 6.45) is 1.12. The van der Waals surface area contributed by atoms with E-state index in [1.807, 2.05) is 0 Å². The van der Waals surface area contributed by atoms with Crippen LogP contribution in [0.2, 0.25) is 0 Å². The smallest absolute Gasteiger partial charge is 0.163 e. The van der Waals surface area contributed by atoms with Crippen LogP contribution in [0.3, 0.4) is 0 Å². The lowest BCUT2D eigenvalue weighted by Gasteiger charge is -2.50. The molecule has 2 aliphatic rings. The van der Waals surface area contributed by atoms with Crippen LogP contribution in [0.15, 0.2) is 23.5 Å². The van der Waals surface area contributed by atoms with Gasteiger partial charge in [0.05, 0.1) is 18.9 Å². The van der Waals surface area contributed by atoms with E-state index in [1.165, 1.54) is 31.1 Å². The van der Waals surface area contributed by atoms with Crippen LogP contribution in [0, 0.1) is 18.6 Å². The fourth-order valence-corrected chi connectivity index (χ4v) is 4.25. The van der Waals surface area contributed by atoms with Crippen LogP contribution in [0.4, 0.5) is 8.78 Å². The second kappa shape index (κ2) is 8.81. The number of fused-ring (bicyclic) bond motifs is 1. The van der Waals surface area contributed by atoms with E-state index in [0.29, 0.717) is 0 Å². The summed E-state index contributed by atoms with van der Waals surface area (Å²) in [7, 11) is 1.53. The van der Waals surface area contributed by atoms with Gasteiger partial charge in [0, 0.05) is 25.3 Å². The number of ether oxygens (including phenoxy) is 4. The van der Waals surface area contributed by atoms with Crippen molar-refractivity contribution < 1.29 is 32.9 Å². The zero-order chi connectivity index (χ0) is 23.0. The maximum atomic E-state index is 14.5. The molecule has 1 aromatic carbocycles. The summed E-state index contributed by atoms with van der Waals surface area (Å²) in [5.41, 5.74) is 0.393. The third-order valence-electron chi connectivity index (χ3n) is 5.80. The minimum atomic E-state index is -0.865. The number of aromatic nitrogens is 3. The molecule has 0 unspecified atom stereocenters. The van der Waals surface area contributed by atoms with Crippen LogP contribution >= 0.6 is 0 Å². The number of halogens is 2. The van der Waals surface area contributed by atoms with Crippen LogP contribution in [0.25, 0.3) is 11.3 Å². The lowest BCUT2D eigenvalue weighted by Crippen LogP contribution is -2.62. The van der Waals surface area contributed by atoms with Crippen LogP contribution in [-0.4, -0.2) is 70.3 Å². The highest BCUT2D eigenvalue weighted by atomic mass is 19.1. The maximum Gasteiger partial charge on any atom is 0.163 e. The quantitative estimate of drug-likeness (QED) is 0.423. The summed E-state index contributed by atoms with van der Waals surface area (Å²) in [5, 5.41) is 20.2. The molecule has 3 heterocycles. The van der Waals surface area contributed by atoms with Crippen molar-refractivity contribution >= 4 is 6.21 Å². The van der Waals surface area contributed by atoms with Gasteiger partial charge in [0.25, 0.3) is 0 Å². The Balaban J connectivity index is 1.73. The van der Waals surface area contributed by atoms with E-state index >= 15 is 0 Å². The lowest BCUT2D eigenvalue weighted by atomic mass is 9.90. The van der Waals surface area contributed by atoms with E-state index in [4.69, 9.17) is 24.2 Å². The van der Waals surface area contributed by atoms with Crippen molar-refractivity contribution in [2.75, 3.05) is 13.7 Å². The molecule has 2 aromatic rings. The Bertz CT molecular complexity index is 999. The SMILES string of the molecule is CO[C@@H]1[C@@H](n2cc(-c3cc(F)c(C)cc3F)nn2)[C@H]2OC(C)(C)OC[C@H]2O[C@@H]1CC=NO. The van der Waals surface area contributed by atoms with Gasteiger partial charge in [0.1, 0.15) is 41.7 Å². The number of benzene rings is 1. The highest BCUT2D eigenvalue weighted by Crippen LogP contribution is 2.40. The molecule has 4 rings (SSSR count). The van der Waals surface area contributed by atoms with Gasteiger partial charge in [-0.15, -0.1) is 10.3 Å².